The summed E-state index contributed by atoms with van der Waals surface area (Å²) in [5, 5.41) is 0.299. The van der Waals surface area contributed by atoms with Crippen molar-refractivity contribution in [3.8, 4) is 0 Å². The molecule has 114 valence electrons. The van der Waals surface area contributed by atoms with Crippen molar-refractivity contribution >= 4 is 29.5 Å². The summed E-state index contributed by atoms with van der Waals surface area (Å²) in [6, 6.07) is 8.99. The van der Waals surface area contributed by atoms with Crippen molar-refractivity contribution in [2.24, 2.45) is 4.99 Å². The predicted molar refractivity (Wildman–Crippen MR) is 83.2 cm³/mol. The van der Waals surface area contributed by atoms with E-state index in [1.165, 1.54) is 30.6 Å². The number of carbonyl (C=O) groups excluding carboxylic acids is 1. The Labute approximate surface area is 132 Å². The van der Waals surface area contributed by atoms with Crippen LogP contribution in [-0.2, 0) is 9.53 Å². The number of carbonyl (C=O) groups is 1. The molecule has 0 amide bonds. The normalized spacial score (nSPS) is 12.3. The molecule has 2 rings (SSSR count). The molecule has 1 heterocycles. The minimum absolute atomic E-state index is 0.236. The van der Waals surface area contributed by atoms with E-state index in [1.54, 1.807) is 25.1 Å². The zero-order valence-corrected chi connectivity index (χ0v) is 12.6. The Balaban J connectivity index is 2.30. The lowest BCUT2D eigenvalue weighted by molar-refractivity contribution is -0.143. The van der Waals surface area contributed by atoms with Crippen LogP contribution in [0.25, 0.3) is 0 Å². The summed E-state index contributed by atoms with van der Waals surface area (Å²) in [5.74, 6) is -1.70. The molecule has 0 aliphatic rings. The molecule has 1 aromatic heterocycles. The first-order chi connectivity index (χ1) is 10.6. The molecule has 2 aromatic rings. The van der Waals surface area contributed by atoms with Gasteiger partial charge in [0.2, 0.25) is 0 Å². The number of hydrogen-bond acceptors (Lipinski definition) is 4. The number of rotatable bonds is 5. The van der Waals surface area contributed by atoms with Crippen molar-refractivity contribution in [3.05, 3.63) is 59.1 Å². The smallest absolute Gasteiger partial charge is 0.318 e. The Kier molecular flexibility index (Phi) is 5.61. The van der Waals surface area contributed by atoms with E-state index in [0.29, 0.717) is 16.4 Å². The molecular formula is C16H14ClFN2O2. The van der Waals surface area contributed by atoms with Crippen LogP contribution in [0.15, 0.2) is 47.6 Å². The fourth-order valence-corrected chi connectivity index (χ4v) is 2.02. The number of aliphatic imine (C=N–C) groups is 1. The summed E-state index contributed by atoms with van der Waals surface area (Å²) < 4.78 is 18.4. The maximum atomic E-state index is 13.4. The third kappa shape index (κ3) is 4.36. The van der Waals surface area contributed by atoms with Crippen LogP contribution in [0, 0.1) is 5.82 Å². The van der Waals surface area contributed by atoms with Crippen molar-refractivity contribution in [3.63, 3.8) is 0 Å². The van der Waals surface area contributed by atoms with Gasteiger partial charge < -0.3 is 4.74 Å². The Morgan fingerprint density at radius 2 is 2.27 bits per heavy atom. The van der Waals surface area contributed by atoms with Crippen molar-refractivity contribution < 1.29 is 13.9 Å². The number of aromatic nitrogens is 1. The molecule has 6 heteroatoms. The Morgan fingerprint density at radius 3 is 2.95 bits per heavy atom. The number of benzene rings is 1. The summed E-state index contributed by atoms with van der Waals surface area (Å²) in [6.45, 7) is 1.94. The lowest BCUT2D eigenvalue weighted by Crippen LogP contribution is -2.17. The van der Waals surface area contributed by atoms with Gasteiger partial charge in [0.15, 0.2) is 0 Å². The maximum Gasteiger partial charge on any atom is 0.318 e. The van der Waals surface area contributed by atoms with Gasteiger partial charge in [-0.2, -0.15) is 0 Å². The van der Waals surface area contributed by atoms with Crippen LogP contribution in [0.5, 0.6) is 0 Å². The lowest BCUT2D eigenvalue weighted by atomic mass is 10.0. The topological polar surface area (TPSA) is 51.5 Å². The lowest BCUT2D eigenvalue weighted by Gasteiger charge is -2.11. The standard InChI is InChI=1S/C16H14ClFN2O2/c1-2-22-16(21)14(11-4-3-5-12(18)8-11)10-20-13-6-7-19-15(17)9-13/h3-10,14H,2H2,1H3. The molecule has 0 saturated carbocycles. The van der Waals surface area contributed by atoms with E-state index >= 15 is 0 Å². The molecule has 22 heavy (non-hydrogen) atoms. The van der Waals surface area contributed by atoms with Crippen LogP contribution in [0.4, 0.5) is 10.1 Å². The Hall–Kier alpha value is -2.27. The van der Waals surface area contributed by atoms with Crippen LogP contribution in [-0.4, -0.2) is 23.8 Å². The van der Waals surface area contributed by atoms with Gasteiger partial charge in [-0.25, -0.2) is 9.37 Å². The third-order valence-electron chi connectivity index (χ3n) is 2.83. The van der Waals surface area contributed by atoms with Crippen molar-refractivity contribution in [1.82, 2.24) is 4.98 Å². The number of ether oxygens (including phenoxy) is 1. The zero-order valence-electron chi connectivity index (χ0n) is 11.9. The van der Waals surface area contributed by atoms with Crippen LogP contribution < -0.4 is 0 Å². The van der Waals surface area contributed by atoms with Gasteiger partial charge in [-0.1, -0.05) is 23.7 Å². The molecule has 4 nitrogen and oxygen atoms in total. The highest BCUT2D eigenvalue weighted by atomic mass is 35.5. The highest BCUT2D eigenvalue weighted by molar-refractivity contribution is 6.29. The fraction of sp³-hybridized carbons (Fsp3) is 0.188. The van der Waals surface area contributed by atoms with Gasteiger partial charge in [0.25, 0.3) is 0 Å². The molecule has 0 aliphatic heterocycles. The maximum absolute atomic E-state index is 13.4. The molecule has 0 spiro atoms. The summed E-state index contributed by atoms with van der Waals surface area (Å²) in [7, 11) is 0. The molecule has 0 N–H and O–H groups in total. The minimum Gasteiger partial charge on any atom is -0.465 e. The van der Waals surface area contributed by atoms with Crippen LogP contribution in [0.3, 0.4) is 0 Å². The van der Waals surface area contributed by atoms with Gasteiger partial charge in [0.1, 0.15) is 16.9 Å². The average Bonchev–Trinajstić information content (AvgIpc) is 2.48. The second-order valence-corrected chi connectivity index (χ2v) is 4.79. The number of pyridine rings is 1. The third-order valence-corrected chi connectivity index (χ3v) is 3.04. The molecular weight excluding hydrogens is 307 g/mol. The van der Waals surface area contributed by atoms with E-state index in [1.807, 2.05) is 0 Å². The number of esters is 1. The van der Waals surface area contributed by atoms with Crippen molar-refractivity contribution in [2.75, 3.05) is 6.61 Å². The summed E-state index contributed by atoms with van der Waals surface area (Å²) in [6.07, 6.45) is 2.93. The monoisotopic (exact) mass is 320 g/mol. The molecule has 0 radical (unpaired) electrons. The Bertz CT molecular complexity index is 691. The van der Waals surface area contributed by atoms with Gasteiger partial charge in [-0.3, -0.25) is 9.79 Å². The van der Waals surface area contributed by atoms with E-state index in [-0.39, 0.29) is 6.61 Å². The van der Waals surface area contributed by atoms with Gasteiger partial charge in [0, 0.05) is 18.5 Å². The molecule has 0 saturated heterocycles. The average molecular weight is 321 g/mol. The van der Waals surface area contributed by atoms with Gasteiger partial charge in [-0.15, -0.1) is 0 Å². The van der Waals surface area contributed by atoms with Crippen molar-refractivity contribution in [1.29, 1.82) is 0 Å². The first kappa shape index (κ1) is 16.1. The molecule has 0 bridgehead atoms. The highest BCUT2D eigenvalue weighted by Gasteiger charge is 2.20. The second-order valence-electron chi connectivity index (χ2n) is 4.40. The number of nitrogens with zero attached hydrogens (tertiary/aromatic N) is 2. The van der Waals surface area contributed by atoms with E-state index in [2.05, 4.69) is 9.98 Å². The molecule has 1 aromatic carbocycles. The fourth-order valence-electron chi connectivity index (χ4n) is 1.85. The molecule has 1 atom stereocenters. The van der Waals surface area contributed by atoms with E-state index in [4.69, 9.17) is 16.3 Å². The van der Waals surface area contributed by atoms with Crippen LogP contribution in [0.2, 0.25) is 5.15 Å². The zero-order chi connectivity index (χ0) is 15.9. The number of halogens is 2. The summed E-state index contributed by atoms with van der Waals surface area (Å²) in [5.41, 5.74) is 1.02. The minimum atomic E-state index is -0.789. The quantitative estimate of drug-likeness (QED) is 0.476. The Morgan fingerprint density at radius 1 is 1.45 bits per heavy atom. The SMILES string of the molecule is CCOC(=O)C(C=Nc1ccnc(Cl)c1)c1cccc(F)c1. The second kappa shape index (κ2) is 7.66. The highest BCUT2D eigenvalue weighted by Crippen LogP contribution is 2.20. The van der Waals surface area contributed by atoms with Crippen LogP contribution >= 0.6 is 11.6 Å². The molecule has 0 aliphatic carbocycles. The van der Waals surface area contributed by atoms with Gasteiger partial charge >= 0.3 is 5.97 Å². The number of hydrogen-bond donors (Lipinski definition) is 0. The van der Waals surface area contributed by atoms with E-state index in [9.17, 15) is 9.18 Å². The summed E-state index contributed by atoms with van der Waals surface area (Å²) >= 11 is 5.78. The van der Waals surface area contributed by atoms with Gasteiger partial charge in [0.05, 0.1) is 12.3 Å². The van der Waals surface area contributed by atoms with E-state index < -0.39 is 17.7 Å². The molecule has 0 fully saturated rings. The molecule has 1 unspecified atom stereocenters. The predicted octanol–water partition coefficient (Wildman–Crippen LogP) is 3.92. The van der Waals surface area contributed by atoms with Crippen molar-refractivity contribution in [2.45, 2.75) is 12.8 Å². The largest absolute Gasteiger partial charge is 0.465 e. The first-order valence-corrected chi connectivity index (χ1v) is 7.05. The summed E-state index contributed by atoms with van der Waals surface area (Å²) in [4.78, 5) is 20.1. The van der Waals surface area contributed by atoms with E-state index in [0.717, 1.165) is 0 Å². The first-order valence-electron chi connectivity index (χ1n) is 6.68. The van der Waals surface area contributed by atoms with Crippen LogP contribution in [0.1, 0.15) is 18.4 Å². The van der Waals surface area contributed by atoms with Gasteiger partial charge in [-0.05, 0) is 30.7 Å².